The summed E-state index contributed by atoms with van der Waals surface area (Å²) >= 11 is 0. The summed E-state index contributed by atoms with van der Waals surface area (Å²) in [5.41, 5.74) is 3.45. The van der Waals surface area contributed by atoms with Crippen LogP contribution in [0.4, 0.5) is 4.79 Å². The first kappa shape index (κ1) is 15.8. The number of carbonyl (C=O) groups excluding carboxylic acids is 1. The van der Waals surface area contributed by atoms with Gasteiger partial charge in [0.25, 0.3) is 0 Å². The lowest BCUT2D eigenvalue weighted by Gasteiger charge is -2.40. The Labute approximate surface area is 127 Å². The SMILES string of the molecule is Cc1cc(C)cc(CNC2CN(C(=O)OC(C)(C)C)C2)c1. The fourth-order valence-electron chi connectivity index (χ4n) is 2.52. The average Bonchev–Trinajstić information content (AvgIpc) is 2.22. The molecule has 1 aliphatic rings. The minimum atomic E-state index is -0.422. The highest BCUT2D eigenvalue weighted by atomic mass is 16.6. The molecule has 1 aliphatic heterocycles. The van der Waals surface area contributed by atoms with Crippen LogP contribution in [0.2, 0.25) is 0 Å². The van der Waals surface area contributed by atoms with Crippen molar-refractivity contribution in [3.8, 4) is 0 Å². The van der Waals surface area contributed by atoms with Gasteiger partial charge in [0.1, 0.15) is 5.60 Å². The van der Waals surface area contributed by atoms with Gasteiger partial charge < -0.3 is 15.0 Å². The Morgan fingerprint density at radius 2 is 1.81 bits per heavy atom. The Bertz CT molecular complexity index is 494. The number of likely N-dealkylation sites (tertiary alicyclic amines) is 1. The molecular weight excluding hydrogens is 264 g/mol. The van der Waals surface area contributed by atoms with Gasteiger partial charge in [-0.3, -0.25) is 0 Å². The zero-order valence-corrected chi connectivity index (χ0v) is 13.7. The molecule has 1 saturated heterocycles. The van der Waals surface area contributed by atoms with Gasteiger partial charge >= 0.3 is 6.09 Å². The van der Waals surface area contributed by atoms with Crippen LogP contribution in [0.5, 0.6) is 0 Å². The largest absolute Gasteiger partial charge is 0.444 e. The monoisotopic (exact) mass is 290 g/mol. The van der Waals surface area contributed by atoms with E-state index in [2.05, 4.69) is 37.4 Å². The lowest BCUT2D eigenvalue weighted by Crippen LogP contribution is -2.60. The number of amides is 1. The van der Waals surface area contributed by atoms with Gasteiger partial charge in [0.05, 0.1) is 0 Å². The van der Waals surface area contributed by atoms with Gasteiger partial charge in [0, 0.05) is 25.7 Å². The number of benzene rings is 1. The first-order chi connectivity index (χ1) is 9.73. The summed E-state index contributed by atoms with van der Waals surface area (Å²) in [7, 11) is 0. The molecule has 0 aliphatic carbocycles. The molecule has 1 heterocycles. The van der Waals surface area contributed by atoms with Gasteiger partial charge in [-0.1, -0.05) is 29.3 Å². The van der Waals surface area contributed by atoms with Crippen LogP contribution >= 0.6 is 0 Å². The molecule has 21 heavy (non-hydrogen) atoms. The Hall–Kier alpha value is -1.55. The van der Waals surface area contributed by atoms with Crippen molar-refractivity contribution >= 4 is 6.09 Å². The Kier molecular flexibility index (Phi) is 4.57. The third-order valence-corrected chi connectivity index (χ3v) is 3.41. The molecule has 0 aromatic heterocycles. The van der Waals surface area contributed by atoms with E-state index in [0.29, 0.717) is 6.04 Å². The number of ether oxygens (including phenoxy) is 1. The van der Waals surface area contributed by atoms with Gasteiger partial charge in [-0.15, -0.1) is 0 Å². The molecule has 2 rings (SSSR count). The number of nitrogens with zero attached hydrogens (tertiary/aromatic N) is 1. The molecule has 0 bridgehead atoms. The zero-order chi connectivity index (χ0) is 15.6. The Morgan fingerprint density at radius 1 is 1.24 bits per heavy atom. The molecule has 4 heteroatoms. The quantitative estimate of drug-likeness (QED) is 0.930. The predicted octanol–water partition coefficient (Wildman–Crippen LogP) is 3.01. The fourth-order valence-corrected chi connectivity index (χ4v) is 2.52. The van der Waals surface area contributed by atoms with Gasteiger partial charge in [-0.05, 0) is 40.2 Å². The second-order valence-electron chi connectivity index (χ2n) is 6.96. The van der Waals surface area contributed by atoms with E-state index in [0.717, 1.165) is 19.6 Å². The van der Waals surface area contributed by atoms with E-state index >= 15 is 0 Å². The predicted molar refractivity (Wildman–Crippen MR) is 84.4 cm³/mol. The summed E-state index contributed by atoms with van der Waals surface area (Å²) < 4.78 is 5.34. The van der Waals surface area contributed by atoms with Crippen LogP contribution < -0.4 is 5.32 Å². The third-order valence-electron chi connectivity index (χ3n) is 3.41. The van der Waals surface area contributed by atoms with E-state index in [9.17, 15) is 4.79 Å². The molecule has 0 unspecified atom stereocenters. The van der Waals surface area contributed by atoms with Crippen molar-refractivity contribution in [1.29, 1.82) is 0 Å². The van der Waals surface area contributed by atoms with E-state index in [-0.39, 0.29) is 6.09 Å². The Morgan fingerprint density at radius 3 is 2.33 bits per heavy atom. The van der Waals surface area contributed by atoms with Crippen LogP contribution in [0, 0.1) is 13.8 Å². The van der Waals surface area contributed by atoms with Crippen LogP contribution in [-0.4, -0.2) is 35.7 Å². The van der Waals surface area contributed by atoms with E-state index in [1.54, 1.807) is 4.90 Å². The molecule has 4 nitrogen and oxygen atoms in total. The number of aryl methyl sites for hydroxylation is 2. The minimum Gasteiger partial charge on any atom is -0.444 e. The molecule has 0 spiro atoms. The summed E-state index contributed by atoms with van der Waals surface area (Å²) in [5, 5.41) is 3.49. The second-order valence-corrected chi connectivity index (χ2v) is 6.96. The number of hydrogen-bond acceptors (Lipinski definition) is 3. The number of nitrogens with one attached hydrogen (secondary N) is 1. The van der Waals surface area contributed by atoms with Crippen LogP contribution in [0.1, 0.15) is 37.5 Å². The van der Waals surface area contributed by atoms with Gasteiger partial charge in [-0.2, -0.15) is 0 Å². The molecular formula is C17H26N2O2. The maximum Gasteiger partial charge on any atom is 0.410 e. The number of rotatable bonds is 3. The first-order valence-electron chi connectivity index (χ1n) is 7.51. The first-order valence-corrected chi connectivity index (χ1v) is 7.51. The molecule has 1 amide bonds. The minimum absolute atomic E-state index is 0.216. The average molecular weight is 290 g/mol. The maximum atomic E-state index is 11.8. The summed E-state index contributed by atoms with van der Waals surface area (Å²) in [4.78, 5) is 13.6. The van der Waals surface area contributed by atoms with Crippen LogP contribution in [0.3, 0.4) is 0 Å². The third kappa shape index (κ3) is 4.74. The van der Waals surface area contributed by atoms with Crippen LogP contribution in [0.15, 0.2) is 18.2 Å². The fraction of sp³-hybridized carbons (Fsp3) is 0.588. The summed E-state index contributed by atoms with van der Waals surface area (Å²) in [6.07, 6.45) is -0.216. The van der Waals surface area contributed by atoms with Gasteiger partial charge in [-0.25, -0.2) is 4.79 Å². The van der Waals surface area contributed by atoms with Crippen molar-refractivity contribution in [1.82, 2.24) is 10.2 Å². The lowest BCUT2D eigenvalue weighted by atomic mass is 10.1. The van der Waals surface area contributed by atoms with Crippen molar-refractivity contribution < 1.29 is 9.53 Å². The van der Waals surface area contributed by atoms with Gasteiger partial charge in [0.15, 0.2) is 0 Å². The topological polar surface area (TPSA) is 41.6 Å². The van der Waals surface area contributed by atoms with Gasteiger partial charge in [0.2, 0.25) is 0 Å². The number of hydrogen-bond donors (Lipinski definition) is 1. The van der Waals surface area contributed by atoms with Crippen molar-refractivity contribution in [2.45, 2.75) is 52.8 Å². The highest BCUT2D eigenvalue weighted by Crippen LogP contribution is 2.16. The summed E-state index contributed by atoms with van der Waals surface area (Å²) in [6, 6.07) is 6.93. The van der Waals surface area contributed by atoms with Crippen molar-refractivity contribution in [3.05, 3.63) is 34.9 Å². The molecule has 0 atom stereocenters. The highest BCUT2D eigenvalue weighted by Gasteiger charge is 2.33. The molecule has 116 valence electrons. The molecule has 1 aromatic carbocycles. The van der Waals surface area contributed by atoms with E-state index < -0.39 is 5.60 Å². The smallest absolute Gasteiger partial charge is 0.410 e. The lowest BCUT2D eigenvalue weighted by molar-refractivity contribution is 0.00519. The van der Waals surface area contributed by atoms with Crippen molar-refractivity contribution in [2.75, 3.05) is 13.1 Å². The second kappa shape index (κ2) is 6.06. The maximum absolute atomic E-state index is 11.8. The van der Waals surface area contributed by atoms with E-state index in [1.807, 2.05) is 20.8 Å². The Balaban J connectivity index is 1.74. The van der Waals surface area contributed by atoms with E-state index in [1.165, 1.54) is 16.7 Å². The summed E-state index contributed by atoms with van der Waals surface area (Å²) in [6.45, 7) is 12.2. The van der Waals surface area contributed by atoms with Crippen molar-refractivity contribution in [2.24, 2.45) is 0 Å². The molecule has 1 fully saturated rings. The normalized spacial score (nSPS) is 15.8. The van der Waals surface area contributed by atoms with Crippen LogP contribution in [-0.2, 0) is 11.3 Å². The molecule has 1 N–H and O–H groups in total. The molecule has 1 aromatic rings. The zero-order valence-electron chi connectivity index (χ0n) is 13.7. The summed E-state index contributed by atoms with van der Waals surface area (Å²) in [5.74, 6) is 0. The van der Waals surface area contributed by atoms with Crippen LogP contribution in [0.25, 0.3) is 0 Å². The highest BCUT2D eigenvalue weighted by molar-refractivity contribution is 5.69. The molecule has 0 saturated carbocycles. The molecule has 0 radical (unpaired) electrons. The van der Waals surface area contributed by atoms with E-state index in [4.69, 9.17) is 4.74 Å². The van der Waals surface area contributed by atoms with Crippen molar-refractivity contribution in [3.63, 3.8) is 0 Å². The number of carbonyl (C=O) groups is 1. The standard InChI is InChI=1S/C17H26N2O2/c1-12-6-13(2)8-14(7-12)9-18-15-10-19(11-15)16(20)21-17(3,4)5/h6-8,15,18H,9-11H2,1-5H3.